The lowest BCUT2D eigenvalue weighted by molar-refractivity contribution is -0.138. The second kappa shape index (κ2) is 5.77. The van der Waals surface area contributed by atoms with E-state index in [0.717, 1.165) is 6.26 Å². The molecule has 112 valence electrons. The molecular formula is C10H12O8S2. The molecule has 1 unspecified atom stereocenters. The molecule has 0 bridgehead atoms. The van der Waals surface area contributed by atoms with E-state index in [0.29, 0.717) is 0 Å². The minimum absolute atomic E-state index is 0.0350. The predicted octanol–water partition coefficient (Wildman–Crippen LogP) is 0.0810. The highest BCUT2D eigenvalue weighted by molar-refractivity contribution is 7.86. The quantitative estimate of drug-likeness (QED) is 0.555. The van der Waals surface area contributed by atoms with Crippen LogP contribution in [0.15, 0.2) is 24.3 Å². The molecule has 0 spiro atoms. The molecule has 1 rings (SSSR count). The summed E-state index contributed by atoms with van der Waals surface area (Å²) in [5, 5.41) is 8.94. The molecule has 1 aromatic carbocycles. The van der Waals surface area contributed by atoms with Gasteiger partial charge >= 0.3 is 16.1 Å². The average molecular weight is 324 g/mol. The van der Waals surface area contributed by atoms with Crippen molar-refractivity contribution < 1.29 is 35.5 Å². The molecule has 0 aliphatic heterocycles. The third-order valence-electron chi connectivity index (χ3n) is 2.21. The molecule has 0 saturated carbocycles. The van der Waals surface area contributed by atoms with Gasteiger partial charge in [-0.2, -0.15) is 16.8 Å². The van der Waals surface area contributed by atoms with E-state index in [-0.39, 0.29) is 11.3 Å². The Morgan fingerprint density at radius 3 is 2.05 bits per heavy atom. The summed E-state index contributed by atoms with van der Waals surface area (Å²) in [6.45, 7) is 0. The number of carboxylic acids is 1. The largest absolute Gasteiger partial charge is 0.481 e. The number of carboxylic acid groups (broad SMARTS) is 1. The first kappa shape index (κ1) is 16.4. The minimum atomic E-state index is -4.46. The van der Waals surface area contributed by atoms with Gasteiger partial charge in [0, 0.05) is 0 Å². The lowest BCUT2D eigenvalue weighted by Crippen LogP contribution is -2.21. The zero-order valence-electron chi connectivity index (χ0n) is 10.3. The highest BCUT2D eigenvalue weighted by Gasteiger charge is 2.25. The van der Waals surface area contributed by atoms with Crippen LogP contribution in [0, 0.1) is 0 Å². The molecular weight excluding hydrogens is 312 g/mol. The standard InChI is InChI=1S/C10H12O8S2/c1-19(13,14)18-8-4-2-7(3-5-8)9(10(11)12)6-20(15,16)17/h2-5,9H,6H2,1H3,(H,11,12)(H,15,16,17). The lowest BCUT2D eigenvalue weighted by Gasteiger charge is -2.11. The molecule has 8 nitrogen and oxygen atoms in total. The van der Waals surface area contributed by atoms with Crippen LogP contribution in [0.1, 0.15) is 11.5 Å². The zero-order chi connectivity index (χ0) is 15.6. The van der Waals surface area contributed by atoms with E-state index in [1.54, 1.807) is 0 Å². The van der Waals surface area contributed by atoms with Gasteiger partial charge in [-0.15, -0.1) is 0 Å². The van der Waals surface area contributed by atoms with Crippen molar-refractivity contribution in [2.75, 3.05) is 12.0 Å². The summed E-state index contributed by atoms with van der Waals surface area (Å²) in [6, 6.07) is 4.81. The van der Waals surface area contributed by atoms with Crippen LogP contribution in [0.25, 0.3) is 0 Å². The third-order valence-corrected chi connectivity index (χ3v) is 3.46. The molecule has 0 heterocycles. The predicted molar refractivity (Wildman–Crippen MR) is 68.7 cm³/mol. The number of carbonyl (C=O) groups is 1. The van der Waals surface area contributed by atoms with Gasteiger partial charge in [0.05, 0.1) is 17.9 Å². The Kier molecular flexibility index (Phi) is 4.73. The van der Waals surface area contributed by atoms with Gasteiger partial charge in [-0.25, -0.2) is 0 Å². The molecule has 1 atom stereocenters. The fourth-order valence-corrected chi connectivity index (χ4v) is 2.67. The lowest BCUT2D eigenvalue weighted by atomic mass is 10.0. The second-order valence-corrected chi connectivity index (χ2v) is 7.07. The first-order chi connectivity index (χ1) is 8.98. The van der Waals surface area contributed by atoms with Gasteiger partial charge in [-0.1, -0.05) is 12.1 Å². The van der Waals surface area contributed by atoms with Crippen molar-refractivity contribution in [3.8, 4) is 5.75 Å². The van der Waals surface area contributed by atoms with Crippen LogP contribution in [0.4, 0.5) is 0 Å². The van der Waals surface area contributed by atoms with Gasteiger partial charge in [-0.05, 0) is 17.7 Å². The number of benzene rings is 1. The summed E-state index contributed by atoms with van der Waals surface area (Å²) >= 11 is 0. The number of hydrogen-bond donors (Lipinski definition) is 2. The minimum Gasteiger partial charge on any atom is -0.481 e. The van der Waals surface area contributed by atoms with Crippen molar-refractivity contribution in [2.45, 2.75) is 5.92 Å². The summed E-state index contributed by atoms with van der Waals surface area (Å²) in [5.74, 6) is -3.90. The summed E-state index contributed by atoms with van der Waals surface area (Å²) < 4.78 is 56.6. The highest BCUT2D eigenvalue weighted by atomic mass is 32.2. The van der Waals surface area contributed by atoms with E-state index >= 15 is 0 Å². The van der Waals surface area contributed by atoms with E-state index in [1.807, 2.05) is 0 Å². The molecule has 0 fully saturated rings. The van der Waals surface area contributed by atoms with Crippen LogP contribution in [0.3, 0.4) is 0 Å². The van der Waals surface area contributed by atoms with E-state index in [1.165, 1.54) is 24.3 Å². The molecule has 0 amide bonds. The average Bonchev–Trinajstić information content (AvgIpc) is 2.23. The topological polar surface area (TPSA) is 135 Å². The molecule has 0 aliphatic rings. The van der Waals surface area contributed by atoms with Crippen molar-refractivity contribution in [1.29, 1.82) is 0 Å². The first-order valence-corrected chi connectivity index (χ1v) is 8.58. The molecule has 0 radical (unpaired) electrons. The Balaban J connectivity index is 3.03. The third kappa shape index (κ3) is 5.55. The Bertz CT molecular complexity index is 687. The molecule has 2 N–H and O–H groups in total. The summed E-state index contributed by atoms with van der Waals surface area (Å²) in [6.07, 6.45) is 0.847. The second-order valence-electron chi connectivity index (χ2n) is 4.00. The highest BCUT2D eigenvalue weighted by Crippen LogP contribution is 2.22. The van der Waals surface area contributed by atoms with Gasteiger partial charge in [0.25, 0.3) is 10.1 Å². The maximum Gasteiger partial charge on any atom is 0.312 e. The van der Waals surface area contributed by atoms with Crippen LogP contribution in [-0.2, 0) is 25.0 Å². The molecule has 1 aromatic rings. The van der Waals surface area contributed by atoms with Crippen molar-refractivity contribution in [2.24, 2.45) is 0 Å². The number of aliphatic carboxylic acids is 1. The smallest absolute Gasteiger partial charge is 0.312 e. The molecule has 0 aromatic heterocycles. The molecule has 10 heteroatoms. The maximum absolute atomic E-state index is 11.0. The Morgan fingerprint density at radius 2 is 1.70 bits per heavy atom. The van der Waals surface area contributed by atoms with E-state index in [9.17, 15) is 21.6 Å². The summed E-state index contributed by atoms with van der Waals surface area (Å²) in [5.41, 5.74) is 0.0935. The van der Waals surface area contributed by atoms with Crippen molar-refractivity contribution in [1.82, 2.24) is 0 Å². The van der Waals surface area contributed by atoms with Gasteiger partial charge in [0.1, 0.15) is 5.75 Å². The van der Waals surface area contributed by atoms with Gasteiger partial charge in [0.15, 0.2) is 0 Å². The van der Waals surface area contributed by atoms with Crippen LogP contribution in [0.2, 0.25) is 0 Å². The van der Waals surface area contributed by atoms with Crippen LogP contribution in [0.5, 0.6) is 5.75 Å². The van der Waals surface area contributed by atoms with E-state index in [2.05, 4.69) is 4.18 Å². The van der Waals surface area contributed by atoms with Crippen molar-refractivity contribution >= 4 is 26.2 Å². The SMILES string of the molecule is CS(=O)(=O)Oc1ccc(C(CS(=O)(=O)O)C(=O)O)cc1. The van der Waals surface area contributed by atoms with Crippen molar-refractivity contribution in [3.05, 3.63) is 29.8 Å². The Hall–Kier alpha value is -1.65. The van der Waals surface area contributed by atoms with Crippen LogP contribution >= 0.6 is 0 Å². The fraction of sp³-hybridized carbons (Fsp3) is 0.300. The normalized spacial score (nSPS) is 13.7. The first-order valence-electron chi connectivity index (χ1n) is 5.15. The molecule has 20 heavy (non-hydrogen) atoms. The summed E-state index contributed by atoms with van der Waals surface area (Å²) in [7, 11) is -8.17. The van der Waals surface area contributed by atoms with Gasteiger partial charge < -0.3 is 9.29 Å². The fourth-order valence-electron chi connectivity index (χ4n) is 1.45. The molecule has 0 aliphatic carbocycles. The van der Waals surface area contributed by atoms with E-state index < -0.39 is 37.9 Å². The maximum atomic E-state index is 11.0. The number of rotatable bonds is 6. The zero-order valence-corrected chi connectivity index (χ0v) is 11.9. The van der Waals surface area contributed by atoms with Gasteiger partial charge in [0.2, 0.25) is 0 Å². The summed E-state index contributed by atoms with van der Waals surface area (Å²) in [4.78, 5) is 11.0. The van der Waals surface area contributed by atoms with E-state index in [4.69, 9.17) is 9.66 Å². The monoisotopic (exact) mass is 324 g/mol. The van der Waals surface area contributed by atoms with Crippen LogP contribution in [-0.4, -0.2) is 44.5 Å². The Labute approximate surface area is 115 Å². The number of hydrogen-bond acceptors (Lipinski definition) is 6. The van der Waals surface area contributed by atoms with Gasteiger partial charge in [-0.3, -0.25) is 9.35 Å². The van der Waals surface area contributed by atoms with Crippen molar-refractivity contribution in [3.63, 3.8) is 0 Å². The van der Waals surface area contributed by atoms with Crippen LogP contribution < -0.4 is 4.18 Å². The Morgan fingerprint density at radius 1 is 1.20 bits per heavy atom. The molecule has 0 saturated heterocycles.